The average Bonchev–Trinajstić information content (AvgIpc) is 2.27. The van der Waals surface area contributed by atoms with E-state index in [-0.39, 0.29) is 18.0 Å². The fourth-order valence-corrected chi connectivity index (χ4v) is 1.23. The van der Waals surface area contributed by atoms with Gasteiger partial charge in [-0.2, -0.15) is 0 Å². The summed E-state index contributed by atoms with van der Waals surface area (Å²) < 4.78 is 13.3. The van der Waals surface area contributed by atoms with Gasteiger partial charge in [-0.15, -0.1) is 0 Å². The van der Waals surface area contributed by atoms with Gasteiger partial charge in [0.2, 0.25) is 5.91 Å². The van der Waals surface area contributed by atoms with Gasteiger partial charge in [0.05, 0.1) is 5.56 Å². The lowest BCUT2D eigenvalue weighted by Gasteiger charge is -2.07. The Hall–Kier alpha value is -2.11. The molecule has 0 atom stereocenters. The van der Waals surface area contributed by atoms with Crippen molar-refractivity contribution in [3.05, 3.63) is 29.6 Å². The lowest BCUT2D eigenvalue weighted by molar-refractivity contribution is -0.118. The maximum atomic E-state index is 13.3. The summed E-state index contributed by atoms with van der Waals surface area (Å²) in [6.45, 7) is 1.90. The van der Waals surface area contributed by atoms with Crippen LogP contribution >= 0.6 is 0 Å². The van der Waals surface area contributed by atoms with Crippen LogP contribution in [0.25, 0.3) is 0 Å². The van der Waals surface area contributed by atoms with Gasteiger partial charge in [-0.1, -0.05) is 0 Å². The van der Waals surface area contributed by atoms with E-state index in [1.807, 2.05) is 0 Å². The molecule has 1 rings (SSSR count). The number of anilines is 1. The molecule has 92 valence electrons. The number of carbonyl (C=O) groups is 2. The number of nitrogen functional groups attached to an aromatic ring is 1. The summed E-state index contributed by atoms with van der Waals surface area (Å²) in [7, 11) is 0. The van der Waals surface area contributed by atoms with E-state index in [1.54, 1.807) is 0 Å². The summed E-state index contributed by atoms with van der Waals surface area (Å²) >= 11 is 0. The van der Waals surface area contributed by atoms with Gasteiger partial charge in [-0.3, -0.25) is 9.59 Å². The third-order valence-electron chi connectivity index (χ3n) is 2.02. The minimum absolute atomic E-state index is 0.104. The van der Waals surface area contributed by atoms with Crippen LogP contribution in [0, 0.1) is 5.82 Å². The Labute approximate surface area is 98.2 Å². The highest BCUT2D eigenvalue weighted by Crippen LogP contribution is 2.11. The number of amides is 2. The minimum Gasteiger partial charge on any atom is -0.399 e. The third-order valence-corrected chi connectivity index (χ3v) is 2.02. The van der Waals surface area contributed by atoms with E-state index in [0.29, 0.717) is 12.2 Å². The van der Waals surface area contributed by atoms with E-state index in [4.69, 9.17) is 5.73 Å². The SMILES string of the molecule is CC(=O)NCCNC(=O)c1cc(N)ccc1F. The summed E-state index contributed by atoms with van der Waals surface area (Å²) in [4.78, 5) is 22.1. The summed E-state index contributed by atoms with van der Waals surface area (Å²) in [5.74, 6) is -1.37. The Bertz CT molecular complexity index is 435. The van der Waals surface area contributed by atoms with Gasteiger partial charge in [0, 0.05) is 25.7 Å². The monoisotopic (exact) mass is 239 g/mol. The Morgan fingerprint density at radius 1 is 1.29 bits per heavy atom. The van der Waals surface area contributed by atoms with Crippen molar-refractivity contribution in [3.8, 4) is 0 Å². The molecule has 0 spiro atoms. The van der Waals surface area contributed by atoms with Gasteiger partial charge in [0.25, 0.3) is 5.91 Å². The standard InChI is InChI=1S/C11H14FN3O2/c1-7(16)14-4-5-15-11(17)9-6-8(13)2-3-10(9)12/h2-3,6H,4-5,13H2,1H3,(H,14,16)(H,15,17). The fraction of sp³-hybridized carbons (Fsp3) is 0.273. The molecule has 0 saturated heterocycles. The molecule has 0 aliphatic rings. The second-order valence-electron chi connectivity index (χ2n) is 3.48. The van der Waals surface area contributed by atoms with Crippen LogP contribution in [0.15, 0.2) is 18.2 Å². The van der Waals surface area contributed by atoms with Crippen LogP contribution in [0.4, 0.5) is 10.1 Å². The molecule has 0 unspecified atom stereocenters. The van der Waals surface area contributed by atoms with Crippen LogP contribution in [-0.4, -0.2) is 24.9 Å². The lowest BCUT2D eigenvalue weighted by Crippen LogP contribution is -2.34. The van der Waals surface area contributed by atoms with Gasteiger partial charge in [0.1, 0.15) is 5.82 Å². The van der Waals surface area contributed by atoms with Crippen molar-refractivity contribution in [1.29, 1.82) is 0 Å². The highest BCUT2D eigenvalue weighted by molar-refractivity contribution is 5.95. The Balaban J connectivity index is 2.52. The molecular formula is C11H14FN3O2. The summed E-state index contributed by atoms with van der Waals surface area (Å²) in [6, 6.07) is 3.78. The predicted molar refractivity (Wildman–Crippen MR) is 61.8 cm³/mol. The van der Waals surface area contributed by atoms with Crippen LogP contribution in [0.1, 0.15) is 17.3 Å². The second kappa shape index (κ2) is 5.83. The summed E-state index contributed by atoms with van der Waals surface area (Å²) in [5, 5.41) is 4.98. The molecule has 0 aliphatic carbocycles. The Morgan fingerprint density at radius 2 is 1.94 bits per heavy atom. The number of rotatable bonds is 4. The van der Waals surface area contributed by atoms with Crippen molar-refractivity contribution in [3.63, 3.8) is 0 Å². The molecule has 0 fully saturated rings. The molecule has 0 aliphatic heterocycles. The number of carbonyl (C=O) groups excluding carboxylic acids is 2. The second-order valence-corrected chi connectivity index (χ2v) is 3.48. The van der Waals surface area contributed by atoms with Crippen molar-refractivity contribution in [2.45, 2.75) is 6.92 Å². The Kier molecular flexibility index (Phi) is 4.45. The average molecular weight is 239 g/mol. The van der Waals surface area contributed by atoms with Crippen molar-refractivity contribution < 1.29 is 14.0 Å². The topological polar surface area (TPSA) is 84.2 Å². The van der Waals surface area contributed by atoms with Crippen LogP contribution in [0.5, 0.6) is 0 Å². The van der Waals surface area contributed by atoms with Crippen molar-refractivity contribution in [2.75, 3.05) is 18.8 Å². The molecular weight excluding hydrogens is 225 g/mol. The lowest BCUT2D eigenvalue weighted by atomic mass is 10.2. The molecule has 0 heterocycles. The molecule has 1 aromatic carbocycles. The van der Waals surface area contributed by atoms with Crippen LogP contribution in [-0.2, 0) is 4.79 Å². The van der Waals surface area contributed by atoms with Crippen molar-refractivity contribution in [1.82, 2.24) is 10.6 Å². The van der Waals surface area contributed by atoms with E-state index in [0.717, 1.165) is 6.07 Å². The molecule has 2 amide bonds. The third kappa shape index (κ3) is 4.10. The predicted octanol–water partition coefficient (Wildman–Crippen LogP) is 0.274. The van der Waals surface area contributed by atoms with E-state index in [2.05, 4.69) is 10.6 Å². The van der Waals surface area contributed by atoms with Crippen LogP contribution < -0.4 is 16.4 Å². The van der Waals surface area contributed by atoms with E-state index < -0.39 is 11.7 Å². The van der Waals surface area contributed by atoms with Gasteiger partial charge in [-0.05, 0) is 18.2 Å². The number of nitrogens with one attached hydrogen (secondary N) is 2. The quantitative estimate of drug-likeness (QED) is 0.521. The molecule has 6 heteroatoms. The van der Waals surface area contributed by atoms with Gasteiger partial charge < -0.3 is 16.4 Å². The van der Waals surface area contributed by atoms with Gasteiger partial charge in [0.15, 0.2) is 0 Å². The Morgan fingerprint density at radius 3 is 2.59 bits per heavy atom. The summed E-state index contributed by atoms with van der Waals surface area (Å²) in [5.41, 5.74) is 5.67. The molecule has 1 aromatic rings. The summed E-state index contributed by atoms with van der Waals surface area (Å²) in [6.07, 6.45) is 0. The molecule has 0 saturated carbocycles. The molecule has 5 nitrogen and oxygen atoms in total. The number of nitrogens with two attached hydrogens (primary N) is 1. The van der Waals surface area contributed by atoms with E-state index >= 15 is 0 Å². The van der Waals surface area contributed by atoms with Crippen LogP contribution in [0.2, 0.25) is 0 Å². The molecule has 0 radical (unpaired) electrons. The van der Waals surface area contributed by atoms with Gasteiger partial charge in [-0.25, -0.2) is 4.39 Å². The van der Waals surface area contributed by atoms with E-state index in [1.165, 1.54) is 19.1 Å². The van der Waals surface area contributed by atoms with Crippen LogP contribution in [0.3, 0.4) is 0 Å². The normalized spacial score (nSPS) is 9.76. The molecule has 0 aromatic heterocycles. The smallest absolute Gasteiger partial charge is 0.254 e. The van der Waals surface area contributed by atoms with E-state index in [9.17, 15) is 14.0 Å². The largest absolute Gasteiger partial charge is 0.399 e. The maximum absolute atomic E-state index is 13.3. The first-order valence-electron chi connectivity index (χ1n) is 5.08. The highest BCUT2D eigenvalue weighted by Gasteiger charge is 2.11. The molecule has 4 N–H and O–H groups in total. The number of benzene rings is 1. The fourth-order valence-electron chi connectivity index (χ4n) is 1.23. The number of hydrogen-bond acceptors (Lipinski definition) is 3. The zero-order valence-electron chi connectivity index (χ0n) is 9.42. The zero-order chi connectivity index (χ0) is 12.8. The first-order chi connectivity index (χ1) is 8.00. The molecule has 0 bridgehead atoms. The minimum atomic E-state index is -0.628. The zero-order valence-corrected chi connectivity index (χ0v) is 9.42. The first-order valence-corrected chi connectivity index (χ1v) is 5.08. The molecule has 17 heavy (non-hydrogen) atoms. The van der Waals surface area contributed by atoms with Gasteiger partial charge >= 0.3 is 0 Å². The maximum Gasteiger partial charge on any atom is 0.254 e. The number of halogens is 1. The van der Waals surface area contributed by atoms with Crippen molar-refractivity contribution >= 4 is 17.5 Å². The first kappa shape index (κ1) is 13.0. The highest BCUT2D eigenvalue weighted by atomic mass is 19.1. The van der Waals surface area contributed by atoms with Crippen molar-refractivity contribution in [2.24, 2.45) is 0 Å². The number of hydrogen-bond donors (Lipinski definition) is 3.